The maximum Gasteiger partial charge on any atom is 0.306 e. The lowest BCUT2D eigenvalue weighted by Crippen LogP contribution is -2.10. The quantitative estimate of drug-likeness (QED) is 0.525. The number of ether oxygens (including phenoxy) is 1. The van der Waals surface area contributed by atoms with Crippen molar-refractivity contribution in [3.05, 3.63) is 84.7 Å². The summed E-state index contributed by atoms with van der Waals surface area (Å²) in [5.74, 6) is -0.239. The number of allylic oxidation sites excluding steroid dienone is 4. The van der Waals surface area contributed by atoms with E-state index in [0.717, 1.165) is 16.8 Å². The van der Waals surface area contributed by atoms with Crippen LogP contribution in [0, 0.1) is 0 Å². The number of hydrogen-bond donors (Lipinski definition) is 0. The molecule has 0 spiro atoms. The molecule has 2 aromatic rings. The molecule has 0 bridgehead atoms. The van der Waals surface area contributed by atoms with Gasteiger partial charge < -0.3 is 4.74 Å². The van der Waals surface area contributed by atoms with Crippen molar-refractivity contribution in [1.29, 1.82) is 0 Å². The van der Waals surface area contributed by atoms with Crippen LogP contribution in [0.4, 0.5) is 0 Å². The number of rotatable bonds is 9. The van der Waals surface area contributed by atoms with Crippen LogP contribution in [0.3, 0.4) is 0 Å². The third-order valence-corrected chi connectivity index (χ3v) is 3.45. The molecule has 24 heavy (non-hydrogen) atoms. The molecular weight excluding hydrogens is 302 g/mol. The van der Waals surface area contributed by atoms with E-state index in [1.807, 2.05) is 36.4 Å². The molecular formula is C19H21N3O2. The normalized spacial score (nSPS) is 11.1. The van der Waals surface area contributed by atoms with Crippen LogP contribution < -0.4 is 0 Å². The molecule has 0 N–H and O–H groups in total. The van der Waals surface area contributed by atoms with Crippen molar-refractivity contribution in [2.24, 2.45) is 0 Å². The number of carbonyl (C=O) groups is 1. The molecule has 0 unspecified atom stereocenters. The van der Waals surface area contributed by atoms with E-state index >= 15 is 0 Å². The Morgan fingerprint density at radius 3 is 2.75 bits per heavy atom. The minimum Gasteiger partial charge on any atom is -0.461 e. The lowest BCUT2D eigenvalue weighted by atomic mass is 10.2. The van der Waals surface area contributed by atoms with Crippen LogP contribution in [0.5, 0.6) is 0 Å². The minimum atomic E-state index is -0.239. The van der Waals surface area contributed by atoms with Crippen molar-refractivity contribution in [1.82, 2.24) is 15.0 Å². The van der Waals surface area contributed by atoms with Crippen molar-refractivity contribution in [3.63, 3.8) is 0 Å². The summed E-state index contributed by atoms with van der Waals surface area (Å²) in [6.07, 6.45) is 7.80. The molecule has 0 amide bonds. The van der Waals surface area contributed by atoms with E-state index in [0.29, 0.717) is 19.6 Å². The molecule has 0 fully saturated rings. The molecule has 0 aliphatic carbocycles. The van der Waals surface area contributed by atoms with Gasteiger partial charge in [0.05, 0.1) is 24.9 Å². The second kappa shape index (κ2) is 9.25. The molecule has 2 rings (SSSR count). The van der Waals surface area contributed by atoms with Crippen molar-refractivity contribution in [3.8, 4) is 0 Å². The van der Waals surface area contributed by atoms with Gasteiger partial charge in [0, 0.05) is 6.42 Å². The Balaban J connectivity index is 1.85. The predicted octanol–water partition coefficient (Wildman–Crippen LogP) is 3.25. The average Bonchev–Trinajstić information content (AvgIpc) is 3.05. The van der Waals surface area contributed by atoms with Crippen molar-refractivity contribution >= 4 is 5.97 Å². The molecule has 124 valence electrons. The van der Waals surface area contributed by atoms with Gasteiger partial charge in [0.1, 0.15) is 6.61 Å². The molecule has 5 heteroatoms. The summed E-state index contributed by atoms with van der Waals surface area (Å²) in [5.41, 5.74) is 2.83. The summed E-state index contributed by atoms with van der Waals surface area (Å²) in [6.45, 7) is 8.28. The lowest BCUT2D eigenvalue weighted by molar-refractivity contribution is -0.144. The molecule has 0 aliphatic heterocycles. The predicted molar refractivity (Wildman–Crippen MR) is 93.1 cm³/mol. The number of aromatic nitrogens is 3. The van der Waals surface area contributed by atoms with Crippen LogP contribution in [0.15, 0.2) is 73.5 Å². The first kappa shape index (κ1) is 17.4. The molecule has 0 saturated carbocycles. The van der Waals surface area contributed by atoms with Gasteiger partial charge in [-0.3, -0.25) is 4.79 Å². The molecule has 1 aromatic carbocycles. The van der Waals surface area contributed by atoms with Gasteiger partial charge in [-0.25, -0.2) is 4.68 Å². The number of nitrogens with zero attached hydrogens (tertiary/aromatic N) is 3. The largest absolute Gasteiger partial charge is 0.461 e. The molecule has 0 radical (unpaired) electrons. The zero-order valence-corrected chi connectivity index (χ0v) is 13.6. The third-order valence-electron chi connectivity index (χ3n) is 3.45. The Morgan fingerprint density at radius 1 is 1.25 bits per heavy atom. The SMILES string of the molecule is C=C/C=C(\C=C)Cn1nncc1CCC(=O)OCc1ccccc1. The van der Waals surface area contributed by atoms with Crippen LogP contribution in [0.25, 0.3) is 0 Å². The maximum absolute atomic E-state index is 11.9. The van der Waals surface area contributed by atoms with Crippen LogP contribution >= 0.6 is 0 Å². The highest BCUT2D eigenvalue weighted by molar-refractivity contribution is 5.69. The number of benzene rings is 1. The first-order valence-electron chi connectivity index (χ1n) is 7.74. The van der Waals surface area contributed by atoms with Crippen molar-refractivity contribution < 1.29 is 9.53 Å². The fraction of sp³-hybridized carbons (Fsp3) is 0.211. The zero-order chi connectivity index (χ0) is 17.2. The van der Waals surface area contributed by atoms with Crippen LogP contribution in [-0.2, 0) is 29.1 Å². The second-order valence-corrected chi connectivity index (χ2v) is 5.21. The highest BCUT2D eigenvalue weighted by Crippen LogP contribution is 2.08. The third kappa shape index (κ3) is 5.35. The monoisotopic (exact) mass is 323 g/mol. The summed E-state index contributed by atoms with van der Waals surface area (Å²) in [4.78, 5) is 11.9. The molecule has 0 aliphatic rings. The van der Waals surface area contributed by atoms with E-state index in [1.165, 1.54) is 0 Å². The first-order valence-corrected chi connectivity index (χ1v) is 7.74. The van der Waals surface area contributed by atoms with Crippen molar-refractivity contribution in [2.45, 2.75) is 26.0 Å². The standard InChI is InChI=1S/C19H21N3O2/c1-3-8-16(4-2)14-22-18(13-20-21-22)11-12-19(23)24-15-17-9-6-5-7-10-17/h3-10,13H,1-2,11-12,14-15H2/b16-8+. The Kier molecular flexibility index (Phi) is 6.71. The topological polar surface area (TPSA) is 57.0 Å². The van der Waals surface area contributed by atoms with Gasteiger partial charge in [-0.1, -0.05) is 66.9 Å². The van der Waals surface area contributed by atoms with E-state index < -0.39 is 0 Å². The Bertz CT molecular complexity index is 717. The zero-order valence-electron chi connectivity index (χ0n) is 13.6. The first-order chi connectivity index (χ1) is 11.7. The van der Waals surface area contributed by atoms with E-state index in [2.05, 4.69) is 23.5 Å². The van der Waals surface area contributed by atoms with Crippen LogP contribution in [-0.4, -0.2) is 21.0 Å². The van der Waals surface area contributed by atoms with E-state index in [9.17, 15) is 4.79 Å². The Morgan fingerprint density at radius 2 is 2.04 bits per heavy atom. The van der Waals surface area contributed by atoms with Gasteiger partial charge >= 0.3 is 5.97 Å². The highest BCUT2D eigenvalue weighted by Gasteiger charge is 2.09. The van der Waals surface area contributed by atoms with Gasteiger partial charge in [-0.2, -0.15) is 0 Å². The number of esters is 1. The minimum absolute atomic E-state index is 0.239. The van der Waals surface area contributed by atoms with Gasteiger partial charge in [-0.05, 0) is 11.1 Å². The van der Waals surface area contributed by atoms with Gasteiger partial charge in [-0.15, -0.1) is 5.10 Å². The fourth-order valence-corrected chi connectivity index (χ4v) is 2.16. The summed E-state index contributed by atoms with van der Waals surface area (Å²) < 4.78 is 7.03. The maximum atomic E-state index is 11.9. The second-order valence-electron chi connectivity index (χ2n) is 5.21. The number of aryl methyl sites for hydroxylation is 1. The highest BCUT2D eigenvalue weighted by atomic mass is 16.5. The smallest absolute Gasteiger partial charge is 0.306 e. The lowest BCUT2D eigenvalue weighted by Gasteiger charge is -2.07. The van der Waals surface area contributed by atoms with Crippen LogP contribution in [0.2, 0.25) is 0 Å². The molecule has 1 aromatic heterocycles. The van der Waals surface area contributed by atoms with Gasteiger partial charge in [0.25, 0.3) is 0 Å². The van der Waals surface area contributed by atoms with Gasteiger partial charge in [0.2, 0.25) is 0 Å². The Labute approximate surface area is 142 Å². The molecule has 0 saturated heterocycles. The van der Waals surface area contributed by atoms with E-state index in [-0.39, 0.29) is 12.4 Å². The summed E-state index contributed by atoms with van der Waals surface area (Å²) >= 11 is 0. The molecule has 1 heterocycles. The van der Waals surface area contributed by atoms with Crippen molar-refractivity contribution in [2.75, 3.05) is 0 Å². The van der Waals surface area contributed by atoms with Gasteiger partial charge in [0.15, 0.2) is 0 Å². The molecule has 5 nitrogen and oxygen atoms in total. The summed E-state index contributed by atoms with van der Waals surface area (Å²) in [5, 5.41) is 7.96. The number of hydrogen-bond acceptors (Lipinski definition) is 4. The number of carbonyl (C=O) groups excluding carboxylic acids is 1. The molecule has 0 atom stereocenters. The van der Waals surface area contributed by atoms with Crippen LogP contribution in [0.1, 0.15) is 17.7 Å². The van der Waals surface area contributed by atoms with E-state index in [1.54, 1.807) is 23.0 Å². The fourth-order valence-electron chi connectivity index (χ4n) is 2.16. The summed E-state index contributed by atoms with van der Waals surface area (Å²) in [7, 11) is 0. The summed E-state index contributed by atoms with van der Waals surface area (Å²) in [6, 6.07) is 9.62. The van der Waals surface area contributed by atoms with E-state index in [4.69, 9.17) is 4.74 Å². The average molecular weight is 323 g/mol. The Hall–Kier alpha value is -2.95.